The summed E-state index contributed by atoms with van der Waals surface area (Å²) in [4.78, 5) is 33.6. The fourth-order valence-electron chi connectivity index (χ4n) is 4.83. The van der Waals surface area contributed by atoms with Gasteiger partial charge in [0, 0.05) is 30.4 Å². The highest BCUT2D eigenvalue weighted by Gasteiger charge is 2.19. The van der Waals surface area contributed by atoms with Crippen molar-refractivity contribution >= 4 is 28.8 Å². The van der Waals surface area contributed by atoms with E-state index in [2.05, 4.69) is 54.4 Å². The minimum Gasteiger partial charge on any atom is -0.444 e. The van der Waals surface area contributed by atoms with Gasteiger partial charge in [0.1, 0.15) is 31.9 Å². The van der Waals surface area contributed by atoms with Gasteiger partial charge in [-0.1, -0.05) is 24.3 Å². The van der Waals surface area contributed by atoms with Crippen molar-refractivity contribution in [2.24, 2.45) is 0 Å². The van der Waals surface area contributed by atoms with Crippen molar-refractivity contribution in [2.45, 2.75) is 38.3 Å². The van der Waals surface area contributed by atoms with Gasteiger partial charge in [-0.15, -0.1) is 22.7 Å². The fraction of sp³-hybridized carbons (Fsp3) is 0.233. The van der Waals surface area contributed by atoms with Gasteiger partial charge in [0.25, 0.3) is 0 Å². The molecule has 218 valence electrons. The Morgan fingerprint density at radius 2 is 1.44 bits per heavy atom. The molecule has 6 aromatic rings. The third-order valence-electron chi connectivity index (χ3n) is 7.03. The van der Waals surface area contributed by atoms with Crippen LogP contribution in [0.4, 0.5) is 4.79 Å². The highest BCUT2D eigenvalue weighted by atomic mass is 32.1. The van der Waals surface area contributed by atoms with Crippen LogP contribution in [0.15, 0.2) is 97.3 Å². The summed E-state index contributed by atoms with van der Waals surface area (Å²) >= 11 is 3.14. The van der Waals surface area contributed by atoms with Crippen LogP contribution >= 0.6 is 22.7 Å². The van der Waals surface area contributed by atoms with E-state index in [0.29, 0.717) is 13.1 Å². The van der Waals surface area contributed by atoms with E-state index < -0.39 is 0 Å². The van der Waals surface area contributed by atoms with Crippen LogP contribution in [0, 0.1) is 0 Å². The summed E-state index contributed by atoms with van der Waals surface area (Å²) in [5, 5.41) is 8.42. The lowest BCUT2D eigenvalue weighted by atomic mass is 9.90. The van der Waals surface area contributed by atoms with Gasteiger partial charge in [-0.25, -0.2) is 24.1 Å². The third kappa shape index (κ3) is 7.56. The standard InChI is InChI=1S/C30H29N9O2S2/c40-30(41-16-29-14-32-22-43-29)37(15-23-3-7-26(8-4-23)38-19-33-17-35-38)11-1-2-25(12-28-13-31-21-42-28)24-5-9-27(10-6-24)39-20-34-18-36-39/h3-10,13-14,17-22,25H,1-2,11-12,15-16H2. The number of rotatable bonds is 13. The van der Waals surface area contributed by atoms with Crippen molar-refractivity contribution in [1.29, 1.82) is 0 Å². The molecule has 1 atom stereocenters. The van der Waals surface area contributed by atoms with Gasteiger partial charge in [0.05, 0.1) is 27.3 Å². The predicted molar refractivity (Wildman–Crippen MR) is 163 cm³/mol. The number of hydrogen-bond donors (Lipinski definition) is 0. The number of ether oxygens (including phenoxy) is 1. The van der Waals surface area contributed by atoms with E-state index >= 15 is 0 Å². The predicted octanol–water partition coefficient (Wildman–Crippen LogP) is 5.71. The second kappa shape index (κ2) is 13.9. The first-order valence-electron chi connectivity index (χ1n) is 13.8. The van der Waals surface area contributed by atoms with E-state index in [-0.39, 0.29) is 18.6 Å². The molecule has 1 amide bonds. The zero-order valence-corrected chi connectivity index (χ0v) is 24.8. The van der Waals surface area contributed by atoms with E-state index in [1.54, 1.807) is 50.0 Å². The topological polar surface area (TPSA) is 117 Å². The lowest BCUT2D eigenvalue weighted by Crippen LogP contribution is -2.32. The van der Waals surface area contributed by atoms with E-state index in [9.17, 15) is 4.79 Å². The first kappa shape index (κ1) is 28.4. The highest BCUT2D eigenvalue weighted by Crippen LogP contribution is 2.28. The Balaban J connectivity index is 1.14. The summed E-state index contributed by atoms with van der Waals surface area (Å²) in [5.74, 6) is 0.266. The monoisotopic (exact) mass is 611 g/mol. The highest BCUT2D eigenvalue weighted by molar-refractivity contribution is 7.09. The number of thiazole rings is 2. The molecule has 0 aliphatic carbocycles. The smallest absolute Gasteiger partial charge is 0.410 e. The second-order valence-corrected chi connectivity index (χ2v) is 11.8. The number of nitrogens with zero attached hydrogens (tertiary/aromatic N) is 9. The maximum Gasteiger partial charge on any atom is 0.410 e. The summed E-state index contributed by atoms with van der Waals surface area (Å²) in [7, 11) is 0. The molecule has 6 rings (SSSR count). The Bertz CT molecular complexity index is 1650. The molecule has 0 N–H and O–H groups in total. The van der Waals surface area contributed by atoms with Gasteiger partial charge in [-0.2, -0.15) is 10.2 Å². The largest absolute Gasteiger partial charge is 0.444 e. The third-order valence-corrected chi connectivity index (χ3v) is 8.59. The number of hydrogen-bond acceptors (Lipinski definition) is 10. The summed E-state index contributed by atoms with van der Waals surface area (Å²) in [6.07, 6.45) is 12.3. The van der Waals surface area contributed by atoms with Crippen LogP contribution in [0.1, 0.15) is 39.6 Å². The Kier molecular flexibility index (Phi) is 9.20. The van der Waals surface area contributed by atoms with Gasteiger partial charge in [0.2, 0.25) is 0 Å². The quantitative estimate of drug-likeness (QED) is 0.163. The summed E-state index contributed by atoms with van der Waals surface area (Å²) < 4.78 is 9.14. The SMILES string of the molecule is O=C(OCc1cncs1)N(CCCC(Cc1cncs1)c1ccc(-n2cncn2)cc1)Cc1ccc(-n2cncn2)cc1. The maximum atomic E-state index is 13.3. The fourth-order valence-corrected chi connectivity index (χ4v) is 6.01. The molecule has 4 heterocycles. The zero-order chi connectivity index (χ0) is 29.3. The minimum absolute atomic E-state index is 0.206. The van der Waals surface area contributed by atoms with E-state index in [1.807, 2.05) is 36.0 Å². The van der Waals surface area contributed by atoms with Gasteiger partial charge in [-0.3, -0.25) is 9.97 Å². The lowest BCUT2D eigenvalue weighted by molar-refractivity contribution is 0.0935. The number of aromatic nitrogens is 8. The Morgan fingerprint density at radius 1 is 0.814 bits per heavy atom. The van der Waals surface area contributed by atoms with Crippen LogP contribution in [0.2, 0.25) is 0 Å². The van der Waals surface area contributed by atoms with Crippen LogP contribution in [-0.4, -0.2) is 57.0 Å². The molecular formula is C30H29N9O2S2. The molecule has 1 unspecified atom stereocenters. The summed E-state index contributed by atoms with van der Waals surface area (Å²) in [5.41, 5.74) is 7.71. The molecule has 43 heavy (non-hydrogen) atoms. The average Bonchev–Trinajstić information content (AvgIpc) is 3.88. The van der Waals surface area contributed by atoms with Crippen molar-refractivity contribution in [3.05, 3.63) is 118 Å². The number of carbonyl (C=O) groups is 1. The molecule has 13 heteroatoms. The first-order valence-corrected chi connectivity index (χ1v) is 15.5. The van der Waals surface area contributed by atoms with E-state index in [0.717, 1.165) is 41.1 Å². The van der Waals surface area contributed by atoms with Crippen LogP contribution in [0.3, 0.4) is 0 Å². The van der Waals surface area contributed by atoms with Crippen LogP contribution in [0.25, 0.3) is 11.4 Å². The maximum absolute atomic E-state index is 13.3. The van der Waals surface area contributed by atoms with Gasteiger partial charge in [0.15, 0.2) is 0 Å². The van der Waals surface area contributed by atoms with Crippen LogP contribution in [-0.2, 0) is 24.3 Å². The molecule has 4 aromatic heterocycles. The molecule has 0 saturated carbocycles. The van der Waals surface area contributed by atoms with Crippen molar-refractivity contribution < 1.29 is 9.53 Å². The number of benzene rings is 2. The van der Waals surface area contributed by atoms with Crippen molar-refractivity contribution in [3.63, 3.8) is 0 Å². The van der Waals surface area contributed by atoms with Gasteiger partial charge >= 0.3 is 6.09 Å². The molecule has 0 radical (unpaired) electrons. The molecule has 0 saturated heterocycles. The minimum atomic E-state index is -0.343. The molecule has 0 bridgehead atoms. The lowest BCUT2D eigenvalue weighted by Gasteiger charge is -2.24. The van der Waals surface area contributed by atoms with Gasteiger partial charge < -0.3 is 9.64 Å². The van der Waals surface area contributed by atoms with E-state index in [1.165, 1.54) is 34.4 Å². The summed E-state index contributed by atoms with van der Waals surface area (Å²) in [6.45, 7) is 1.20. The Labute approximate surface area is 256 Å². The van der Waals surface area contributed by atoms with Crippen molar-refractivity contribution in [2.75, 3.05) is 6.54 Å². The summed E-state index contributed by atoms with van der Waals surface area (Å²) in [6, 6.07) is 16.4. The molecule has 0 aliphatic rings. The number of carbonyl (C=O) groups excluding carboxylic acids is 1. The van der Waals surface area contributed by atoms with Crippen molar-refractivity contribution in [1.82, 2.24) is 44.4 Å². The molecule has 2 aromatic carbocycles. The Hall–Kier alpha value is -4.75. The molecule has 0 spiro atoms. The number of amides is 1. The van der Waals surface area contributed by atoms with Crippen molar-refractivity contribution in [3.8, 4) is 11.4 Å². The molecule has 11 nitrogen and oxygen atoms in total. The Morgan fingerprint density at radius 3 is 2.02 bits per heavy atom. The zero-order valence-electron chi connectivity index (χ0n) is 23.2. The van der Waals surface area contributed by atoms with Crippen LogP contribution < -0.4 is 0 Å². The molecule has 0 fully saturated rings. The van der Waals surface area contributed by atoms with E-state index in [4.69, 9.17) is 4.74 Å². The van der Waals surface area contributed by atoms with Crippen LogP contribution in [0.5, 0.6) is 0 Å². The van der Waals surface area contributed by atoms with Gasteiger partial charge in [-0.05, 0) is 60.6 Å². The normalized spacial score (nSPS) is 11.8. The average molecular weight is 612 g/mol. The first-order chi connectivity index (χ1) is 21.2. The molecule has 0 aliphatic heterocycles. The molecular weight excluding hydrogens is 583 g/mol. The second-order valence-electron chi connectivity index (χ2n) is 9.89.